The van der Waals surface area contributed by atoms with Crippen LogP contribution in [0, 0.1) is 36.5 Å². The summed E-state index contributed by atoms with van der Waals surface area (Å²) in [6, 6.07) is 23.1. The second kappa shape index (κ2) is 25.8. The smallest absolute Gasteiger partial charge is 0.419 e. The molecule has 0 aliphatic heterocycles. The van der Waals surface area contributed by atoms with E-state index in [1.807, 2.05) is 0 Å². The maximum absolute atomic E-state index is 13.2. The van der Waals surface area contributed by atoms with E-state index < -0.39 is 75.8 Å². The number of carbonyl (C=O) groups is 4. The fraction of sp³-hybridized carbons (Fsp3) is 0.438. The SMILES string of the molecule is Cc1cc(OCC(N)=O)c(C(C)(O)c2nc3cc(C#N)ccc3n2COCC[Si](C)(C)C)c2ccn(C(=O)OC(C)(C)C)c12.Cc1cc(OCC(N)=O)c(C(C)(O)c2nc3ccc(C#N)cc3n2COCC[Si](C)(C)C)c2ccn(C(=O)OC(C)(C)C)c12. The van der Waals surface area contributed by atoms with Gasteiger partial charge in [0.15, 0.2) is 13.2 Å². The zero-order chi connectivity index (χ0) is 65.2. The number of imidazole rings is 2. The van der Waals surface area contributed by atoms with Crippen molar-refractivity contribution in [2.24, 2.45) is 11.5 Å². The molecule has 6 N–H and O–H groups in total. The van der Waals surface area contributed by atoms with Crippen LogP contribution < -0.4 is 20.9 Å². The van der Waals surface area contributed by atoms with Crippen molar-refractivity contribution in [2.75, 3.05) is 26.4 Å². The maximum Gasteiger partial charge on any atom is 0.419 e. The van der Waals surface area contributed by atoms with Gasteiger partial charge in [-0.3, -0.25) is 18.7 Å². The fourth-order valence-corrected chi connectivity index (χ4v) is 11.7. The van der Waals surface area contributed by atoms with E-state index >= 15 is 0 Å². The first-order chi connectivity index (χ1) is 40.8. The van der Waals surface area contributed by atoms with Crippen molar-refractivity contribution in [1.82, 2.24) is 28.2 Å². The lowest BCUT2D eigenvalue weighted by atomic mass is 9.89. The number of hydrogen-bond acceptors (Lipinski definition) is 16. The number of nitrogens with zero attached hydrogens (tertiary/aromatic N) is 8. The molecule has 0 aliphatic carbocycles. The third kappa shape index (κ3) is 15.5. The van der Waals surface area contributed by atoms with Gasteiger partial charge in [0.1, 0.15) is 59.0 Å². The van der Waals surface area contributed by atoms with Gasteiger partial charge >= 0.3 is 12.2 Å². The number of carbonyl (C=O) groups excluding carboxylic acids is 4. The fourth-order valence-electron chi connectivity index (χ4n) is 10.2. The lowest BCUT2D eigenvalue weighted by Gasteiger charge is -2.28. The molecule has 0 saturated heterocycles. The first-order valence-electron chi connectivity index (χ1n) is 28.9. The first-order valence-corrected chi connectivity index (χ1v) is 36.3. The summed E-state index contributed by atoms with van der Waals surface area (Å²) in [6.45, 7) is 31.4. The molecule has 8 rings (SSSR count). The third-order valence-corrected chi connectivity index (χ3v) is 17.6. The van der Waals surface area contributed by atoms with Gasteiger partial charge in [-0.05, 0) is 153 Å². The van der Waals surface area contributed by atoms with Gasteiger partial charge < -0.3 is 59.2 Å². The highest BCUT2D eigenvalue weighted by Gasteiger charge is 2.40. The molecule has 2 unspecified atom stereocenters. The van der Waals surface area contributed by atoms with Crippen LogP contribution in [0.4, 0.5) is 9.59 Å². The molecule has 0 fully saturated rings. The highest BCUT2D eigenvalue weighted by atomic mass is 28.3. The van der Waals surface area contributed by atoms with Gasteiger partial charge in [0.25, 0.3) is 11.8 Å². The Morgan fingerprint density at radius 2 is 0.966 bits per heavy atom. The highest BCUT2D eigenvalue weighted by molar-refractivity contribution is 6.76. The minimum absolute atomic E-state index is 0.0761. The number of fused-ring (bicyclic) bond motifs is 4. The molecule has 4 aromatic carbocycles. The van der Waals surface area contributed by atoms with E-state index in [4.69, 9.17) is 49.9 Å². The number of nitrogens with two attached hydrogens (primary N) is 2. The van der Waals surface area contributed by atoms with Gasteiger partial charge in [-0.2, -0.15) is 10.5 Å². The molecule has 8 aromatic rings. The summed E-state index contributed by atoms with van der Waals surface area (Å²) in [6.07, 6.45) is 1.98. The number of amides is 2. The van der Waals surface area contributed by atoms with Crippen molar-refractivity contribution in [1.29, 1.82) is 10.5 Å². The molecule has 22 nitrogen and oxygen atoms in total. The molecule has 0 radical (unpaired) electrons. The Kier molecular flexibility index (Phi) is 19.7. The molecule has 0 saturated carbocycles. The Balaban J connectivity index is 0.000000251. The zero-order valence-electron chi connectivity index (χ0n) is 53.3. The van der Waals surface area contributed by atoms with Crippen LogP contribution >= 0.6 is 0 Å². The Labute approximate surface area is 514 Å². The van der Waals surface area contributed by atoms with E-state index in [2.05, 4.69) is 51.4 Å². The summed E-state index contributed by atoms with van der Waals surface area (Å²) in [4.78, 5) is 59.5. The summed E-state index contributed by atoms with van der Waals surface area (Å²) >= 11 is 0. The summed E-state index contributed by atoms with van der Waals surface area (Å²) in [7, 11) is -2.73. The number of ether oxygens (including phenoxy) is 6. The predicted molar refractivity (Wildman–Crippen MR) is 340 cm³/mol. The molecular formula is C64H82N10O12Si2. The number of aryl methyl sites for hydroxylation is 2. The quantitative estimate of drug-likeness (QED) is 0.0407. The molecular weight excluding hydrogens is 1160 g/mol. The lowest BCUT2D eigenvalue weighted by molar-refractivity contribution is -0.120. The van der Waals surface area contributed by atoms with Crippen LogP contribution in [0.1, 0.15) is 100 Å². The van der Waals surface area contributed by atoms with Crippen LogP contribution in [0.3, 0.4) is 0 Å². The van der Waals surface area contributed by atoms with Gasteiger partial charge in [0, 0.05) is 63.7 Å². The number of hydrogen-bond donors (Lipinski definition) is 4. The standard InChI is InChI=1S/2C32H41N5O6Si/c1-20-15-25(42-18-26(34)38)27(22-11-12-36(28(20)22)30(39)43-31(2,3)4)32(5,40)29-35-23-16-21(17-33)9-10-24(23)37(29)19-41-13-14-44(6,7)8;1-20-15-25(42-18-26(34)38)27(22-11-12-36(28(20)22)30(39)43-31(2,3)4)32(5,40)29-35-23-10-9-21(17-33)16-24(23)37(29)19-41-13-14-44(6,7)8/h2*9-12,15-16,40H,13-14,18-19H2,1-8H3,(H2,34,38). The van der Waals surface area contributed by atoms with Crippen LogP contribution in [-0.4, -0.2) is 116 Å². The number of aromatic nitrogens is 6. The average molecular weight is 1240 g/mol. The van der Waals surface area contributed by atoms with Crippen molar-refractivity contribution in [3.8, 4) is 23.6 Å². The molecule has 24 heteroatoms. The number of aliphatic hydroxyl groups is 2. The third-order valence-electron chi connectivity index (χ3n) is 14.2. The second-order valence-electron chi connectivity index (χ2n) is 26.7. The minimum Gasteiger partial charge on any atom is -0.483 e. The number of rotatable bonds is 20. The van der Waals surface area contributed by atoms with Gasteiger partial charge in [-0.1, -0.05) is 39.3 Å². The number of benzene rings is 4. The molecule has 0 aliphatic rings. The topological polar surface area (TPSA) is 309 Å². The van der Waals surface area contributed by atoms with E-state index in [9.17, 15) is 39.9 Å². The van der Waals surface area contributed by atoms with Crippen LogP contribution in [-0.2, 0) is 53.2 Å². The Bertz CT molecular complexity index is 3910. The average Bonchev–Trinajstić information content (AvgIpc) is 1.63. The Morgan fingerprint density at radius 3 is 1.36 bits per heavy atom. The van der Waals surface area contributed by atoms with Gasteiger partial charge in [-0.15, -0.1) is 0 Å². The summed E-state index contributed by atoms with van der Waals surface area (Å²) in [5, 5.41) is 45.1. The van der Waals surface area contributed by atoms with Crippen LogP contribution in [0.15, 0.2) is 73.1 Å². The molecule has 2 amide bonds. The van der Waals surface area contributed by atoms with E-state index in [1.165, 1.54) is 9.13 Å². The highest BCUT2D eigenvalue weighted by Crippen LogP contribution is 2.45. The van der Waals surface area contributed by atoms with Crippen LogP contribution in [0.5, 0.6) is 11.5 Å². The predicted octanol–water partition coefficient (Wildman–Crippen LogP) is 10.8. The van der Waals surface area contributed by atoms with E-state index in [0.717, 1.165) is 12.1 Å². The molecule has 0 spiro atoms. The molecule has 2 atom stereocenters. The van der Waals surface area contributed by atoms with Crippen molar-refractivity contribution >= 4 is 84.0 Å². The van der Waals surface area contributed by atoms with E-state index in [-0.39, 0.29) is 47.7 Å². The Morgan fingerprint density at radius 1 is 0.568 bits per heavy atom. The van der Waals surface area contributed by atoms with Crippen molar-refractivity contribution in [3.05, 3.63) is 118 Å². The number of primary amides is 2. The monoisotopic (exact) mass is 1240 g/mol. The normalized spacial score (nSPS) is 13.5. The van der Waals surface area contributed by atoms with E-state index in [1.54, 1.807) is 151 Å². The zero-order valence-corrected chi connectivity index (χ0v) is 55.3. The molecule has 4 heterocycles. The summed E-state index contributed by atoms with van der Waals surface area (Å²) < 4.78 is 41.5. The van der Waals surface area contributed by atoms with Crippen LogP contribution in [0.2, 0.25) is 51.4 Å². The van der Waals surface area contributed by atoms with E-state index in [0.29, 0.717) is 79.3 Å². The molecule has 4 aromatic heterocycles. The largest absolute Gasteiger partial charge is 0.483 e. The van der Waals surface area contributed by atoms with Crippen molar-refractivity contribution in [2.45, 2.75) is 156 Å². The molecule has 0 bridgehead atoms. The van der Waals surface area contributed by atoms with Crippen molar-refractivity contribution < 1.29 is 57.8 Å². The van der Waals surface area contributed by atoms with Gasteiger partial charge in [-0.25, -0.2) is 19.6 Å². The van der Waals surface area contributed by atoms with Crippen molar-refractivity contribution in [3.63, 3.8) is 0 Å². The number of nitriles is 2. The first kappa shape index (κ1) is 67.1. The second-order valence-corrected chi connectivity index (χ2v) is 37.9. The van der Waals surface area contributed by atoms with Gasteiger partial charge in [0.05, 0.1) is 56.4 Å². The Hall–Kier alpha value is -8.37. The summed E-state index contributed by atoms with van der Waals surface area (Å²) in [5.74, 6) is -0.503. The lowest BCUT2D eigenvalue weighted by Crippen LogP contribution is -2.30. The van der Waals surface area contributed by atoms with Crippen LogP contribution in [0.25, 0.3) is 43.9 Å². The summed E-state index contributed by atoms with van der Waals surface area (Å²) in [5.41, 5.74) is 11.7. The maximum atomic E-state index is 13.2. The van der Waals surface area contributed by atoms with Gasteiger partial charge in [0.2, 0.25) is 0 Å². The molecule has 468 valence electrons. The minimum atomic E-state index is -1.84. The molecule has 88 heavy (non-hydrogen) atoms.